The van der Waals surface area contributed by atoms with Gasteiger partial charge in [-0.15, -0.1) is 0 Å². The van der Waals surface area contributed by atoms with Gasteiger partial charge in [-0.2, -0.15) is 13.2 Å². The lowest BCUT2D eigenvalue weighted by Crippen LogP contribution is -2.14. The lowest BCUT2D eigenvalue weighted by Gasteiger charge is -2.13. The number of alkyl halides is 3. The normalized spacial score (nSPS) is 12.3. The molecule has 2 rings (SSSR count). The number of carboxylic acids is 1. The molecule has 0 heterocycles. The van der Waals surface area contributed by atoms with E-state index in [0.29, 0.717) is 12.1 Å². The number of benzene rings is 2. The monoisotopic (exact) mass is 455 g/mol. The number of allylic oxidation sites excluding steroid dienone is 4. The van der Waals surface area contributed by atoms with Crippen LogP contribution in [0.25, 0.3) is 0 Å². The molecule has 162 valence electrons. The molecule has 0 unspecified atom stereocenters. The Balaban J connectivity index is 2.36. The van der Waals surface area contributed by atoms with Crippen molar-refractivity contribution in [2.45, 2.75) is 6.18 Å². The molecule has 2 aromatic carbocycles. The van der Waals surface area contributed by atoms with Crippen molar-refractivity contribution in [3.63, 3.8) is 0 Å². The second kappa shape index (κ2) is 9.94. The number of hydrogen-bond acceptors (Lipinski definition) is 3. The quantitative estimate of drug-likeness (QED) is 0.298. The molecule has 0 saturated carbocycles. The van der Waals surface area contributed by atoms with Crippen molar-refractivity contribution in [3.05, 3.63) is 95.0 Å². The minimum Gasteiger partial charge on any atom is -0.478 e. The average molecular weight is 456 g/mol. The Morgan fingerprint density at radius 1 is 1.13 bits per heavy atom. The van der Waals surface area contributed by atoms with Crippen molar-refractivity contribution < 1.29 is 37.0 Å². The van der Waals surface area contributed by atoms with Crippen LogP contribution in [-0.4, -0.2) is 17.0 Å². The van der Waals surface area contributed by atoms with E-state index in [1.165, 1.54) is 24.3 Å². The molecule has 2 N–H and O–H groups in total. The Bertz CT molecular complexity index is 1060. The molecule has 0 atom stereocenters. The molecule has 1 amide bonds. The first-order valence-corrected chi connectivity index (χ1v) is 8.77. The number of carbonyl (C=O) groups excluding carboxylic acids is 1. The molecule has 31 heavy (non-hydrogen) atoms. The summed E-state index contributed by atoms with van der Waals surface area (Å²) in [5, 5.41) is 11.0. The molecule has 0 saturated heterocycles. The first kappa shape index (κ1) is 23.7. The highest BCUT2D eigenvalue weighted by Crippen LogP contribution is 2.34. The molecule has 0 aliphatic carbocycles. The fraction of sp³-hybridized carbons (Fsp3) is 0.0476. The molecule has 0 radical (unpaired) electrons. The molecule has 0 bridgehead atoms. The van der Waals surface area contributed by atoms with Gasteiger partial charge in [-0.25, -0.2) is 9.18 Å². The minimum absolute atomic E-state index is 0.0175. The zero-order valence-electron chi connectivity index (χ0n) is 15.5. The third-order valence-electron chi connectivity index (χ3n) is 3.71. The van der Waals surface area contributed by atoms with Crippen molar-refractivity contribution in [1.29, 1.82) is 0 Å². The first-order chi connectivity index (χ1) is 14.5. The molecular weight excluding hydrogens is 442 g/mol. The number of halogens is 5. The number of ether oxygens (including phenoxy) is 1. The standard InChI is InChI=1S/C21H14ClF4NO4/c1-2-15(23)10-14(22)11-31-18-9-13(21(24,25)26)5-8-17(18)19(28)27-16-6-3-12(4-7-16)20(29)30/h2-11H,1H2,(H,27,28)(H,29,30)/b14-11-,15-10+. The summed E-state index contributed by atoms with van der Waals surface area (Å²) in [6.07, 6.45) is -2.28. The second-order valence-electron chi connectivity index (χ2n) is 5.90. The summed E-state index contributed by atoms with van der Waals surface area (Å²) in [7, 11) is 0. The van der Waals surface area contributed by atoms with E-state index in [1.807, 2.05) is 0 Å². The summed E-state index contributed by atoms with van der Waals surface area (Å²) < 4.78 is 57.4. The summed E-state index contributed by atoms with van der Waals surface area (Å²) in [6, 6.07) is 7.29. The number of carbonyl (C=O) groups is 2. The molecule has 10 heteroatoms. The van der Waals surface area contributed by atoms with Gasteiger partial charge >= 0.3 is 12.1 Å². The third kappa shape index (κ3) is 6.71. The van der Waals surface area contributed by atoms with Crippen LogP contribution in [0.1, 0.15) is 26.3 Å². The molecule has 0 aliphatic rings. The van der Waals surface area contributed by atoms with Crippen LogP contribution in [0.5, 0.6) is 5.75 Å². The molecular formula is C21H14ClF4NO4. The predicted octanol–water partition coefficient (Wildman–Crippen LogP) is 6.15. The van der Waals surface area contributed by atoms with Gasteiger partial charge in [0, 0.05) is 5.69 Å². The number of carboxylic acid groups (broad SMARTS) is 1. The maximum absolute atomic E-state index is 13.2. The van der Waals surface area contributed by atoms with Crippen LogP contribution in [0, 0.1) is 0 Å². The maximum atomic E-state index is 13.2. The topological polar surface area (TPSA) is 75.6 Å². The number of nitrogens with one attached hydrogen (secondary N) is 1. The number of rotatable bonds is 7. The highest BCUT2D eigenvalue weighted by molar-refractivity contribution is 6.31. The van der Waals surface area contributed by atoms with Gasteiger partial charge in [0.1, 0.15) is 17.8 Å². The molecule has 0 aliphatic heterocycles. The molecule has 0 spiro atoms. The zero-order chi connectivity index (χ0) is 23.2. The van der Waals surface area contributed by atoms with Crippen LogP contribution < -0.4 is 10.1 Å². The van der Waals surface area contributed by atoms with Gasteiger partial charge in [0.2, 0.25) is 0 Å². The van der Waals surface area contributed by atoms with Crippen molar-refractivity contribution in [2.24, 2.45) is 0 Å². The second-order valence-corrected chi connectivity index (χ2v) is 6.34. The van der Waals surface area contributed by atoms with Crippen LogP contribution in [0.3, 0.4) is 0 Å². The fourth-order valence-corrected chi connectivity index (χ4v) is 2.37. The summed E-state index contributed by atoms with van der Waals surface area (Å²) >= 11 is 5.74. The fourth-order valence-electron chi connectivity index (χ4n) is 2.22. The minimum atomic E-state index is -4.71. The number of anilines is 1. The van der Waals surface area contributed by atoms with Crippen LogP contribution in [-0.2, 0) is 6.18 Å². The van der Waals surface area contributed by atoms with E-state index in [4.69, 9.17) is 21.4 Å². The lowest BCUT2D eigenvalue weighted by molar-refractivity contribution is -0.137. The number of amides is 1. The number of aromatic carboxylic acids is 1. The Labute approximate surface area is 178 Å². The Kier molecular flexibility index (Phi) is 7.60. The Morgan fingerprint density at radius 2 is 1.77 bits per heavy atom. The van der Waals surface area contributed by atoms with Gasteiger partial charge < -0.3 is 15.2 Å². The van der Waals surface area contributed by atoms with Gasteiger partial charge in [-0.3, -0.25) is 4.79 Å². The Hall–Kier alpha value is -3.59. The summed E-state index contributed by atoms with van der Waals surface area (Å²) in [6.45, 7) is 3.18. The smallest absolute Gasteiger partial charge is 0.416 e. The largest absolute Gasteiger partial charge is 0.478 e. The van der Waals surface area contributed by atoms with E-state index in [1.54, 1.807) is 0 Å². The van der Waals surface area contributed by atoms with E-state index in [0.717, 1.165) is 24.5 Å². The highest BCUT2D eigenvalue weighted by atomic mass is 35.5. The van der Waals surface area contributed by atoms with Crippen molar-refractivity contribution in [1.82, 2.24) is 0 Å². The summed E-state index contributed by atoms with van der Waals surface area (Å²) in [5.41, 5.74) is -1.17. The van der Waals surface area contributed by atoms with Crippen LogP contribution in [0.2, 0.25) is 0 Å². The van der Waals surface area contributed by atoms with Crippen molar-refractivity contribution in [2.75, 3.05) is 5.32 Å². The number of hydrogen-bond donors (Lipinski definition) is 2. The first-order valence-electron chi connectivity index (χ1n) is 8.39. The van der Waals surface area contributed by atoms with Crippen LogP contribution in [0.15, 0.2) is 78.3 Å². The zero-order valence-corrected chi connectivity index (χ0v) is 16.3. The van der Waals surface area contributed by atoms with E-state index in [9.17, 15) is 27.2 Å². The van der Waals surface area contributed by atoms with Crippen molar-refractivity contribution >= 4 is 29.2 Å². The molecule has 0 aromatic heterocycles. The van der Waals surface area contributed by atoms with E-state index in [-0.39, 0.29) is 21.8 Å². The van der Waals surface area contributed by atoms with E-state index in [2.05, 4.69) is 11.9 Å². The predicted molar refractivity (Wildman–Crippen MR) is 107 cm³/mol. The van der Waals surface area contributed by atoms with Gasteiger partial charge in [0.05, 0.1) is 21.7 Å². The maximum Gasteiger partial charge on any atom is 0.416 e. The average Bonchev–Trinajstić information content (AvgIpc) is 2.71. The Morgan fingerprint density at radius 3 is 2.32 bits per heavy atom. The van der Waals surface area contributed by atoms with Gasteiger partial charge in [-0.05, 0) is 54.6 Å². The molecule has 5 nitrogen and oxygen atoms in total. The van der Waals surface area contributed by atoms with Gasteiger partial charge in [0.15, 0.2) is 0 Å². The SMILES string of the molecule is C=C/C(F)=C\C(Cl)=C\Oc1cc(C(F)(F)F)ccc1C(=O)Nc1ccc(C(=O)O)cc1. The van der Waals surface area contributed by atoms with Crippen LogP contribution >= 0.6 is 11.6 Å². The third-order valence-corrected chi connectivity index (χ3v) is 3.91. The van der Waals surface area contributed by atoms with Crippen molar-refractivity contribution in [3.8, 4) is 5.75 Å². The molecule has 2 aromatic rings. The van der Waals surface area contributed by atoms with Crippen LogP contribution in [0.4, 0.5) is 23.2 Å². The van der Waals surface area contributed by atoms with E-state index < -0.39 is 35.2 Å². The summed E-state index contributed by atoms with van der Waals surface area (Å²) in [4.78, 5) is 23.4. The van der Waals surface area contributed by atoms with E-state index >= 15 is 0 Å². The lowest BCUT2D eigenvalue weighted by atomic mass is 10.1. The van der Waals surface area contributed by atoms with Gasteiger partial charge in [-0.1, -0.05) is 18.2 Å². The highest BCUT2D eigenvalue weighted by Gasteiger charge is 2.32. The summed E-state index contributed by atoms with van der Waals surface area (Å²) in [5.74, 6) is -3.29. The molecule has 0 fully saturated rings. The van der Waals surface area contributed by atoms with Gasteiger partial charge in [0.25, 0.3) is 5.91 Å².